The fourth-order valence-corrected chi connectivity index (χ4v) is 3.41. The molecule has 0 aliphatic carbocycles. The first kappa shape index (κ1) is 16.1. The number of amides is 2. The molecule has 1 heterocycles. The number of phenols is 1. The molecule has 23 heavy (non-hydrogen) atoms. The number of hydrogen-bond donors (Lipinski definition) is 1. The number of carbonyl (C=O) groups is 2. The zero-order valence-corrected chi connectivity index (χ0v) is 14.7. The van der Waals surface area contributed by atoms with Crippen molar-refractivity contribution < 1.29 is 14.7 Å². The molecule has 0 spiro atoms. The summed E-state index contributed by atoms with van der Waals surface area (Å²) in [5, 5.41) is 9.67. The van der Waals surface area contributed by atoms with E-state index in [0.29, 0.717) is 25.7 Å². The minimum Gasteiger partial charge on any atom is -0.507 e. The highest BCUT2D eigenvalue weighted by Crippen LogP contribution is 2.36. The summed E-state index contributed by atoms with van der Waals surface area (Å²) in [6, 6.07) is 11.3. The van der Waals surface area contributed by atoms with Crippen molar-refractivity contribution in [3.63, 3.8) is 0 Å². The van der Waals surface area contributed by atoms with E-state index in [4.69, 9.17) is 11.6 Å². The summed E-state index contributed by atoms with van der Waals surface area (Å²) >= 11 is 9.92. The van der Waals surface area contributed by atoms with E-state index in [-0.39, 0.29) is 16.9 Å². The van der Waals surface area contributed by atoms with Crippen LogP contribution >= 0.6 is 39.3 Å². The topological polar surface area (TPSA) is 57.6 Å². The lowest BCUT2D eigenvalue weighted by atomic mass is 10.2. The fourth-order valence-electron chi connectivity index (χ4n) is 2.04. The molecule has 1 fully saturated rings. The maximum atomic E-state index is 12.5. The number of phenolic OH excluding ortho intramolecular Hbond substituents is 1. The first-order valence-electron chi connectivity index (χ1n) is 6.48. The van der Waals surface area contributed by atoms with Gasteiger partial charge < -0.3 is 5.11 Å². The van der Waals surface area contributed by atoms with Crippen molar-refractivity contribution in [1.29, 1.82) is 0 Å². The van der Waals surface area contributed by atoms with Gasteiger partial charge in [0.2, 0.25) is 0 Å². The standard InChI is InChI=1S/C16H9BrClNO3S/c17-12-7-9(1-6-13(12)20)8-14-15(21)19(16(22)23-14)11-4-2-10(18)3-5-11/h1-8,20H/b14-8+. The van der Waals surface area contributed by atoms with Gasteiger partial charge in [0, 0.05) is 5.02 Å². The smallest absolute Gasteiger partial charge is 0.298 e. The van der Waals surface area contributed by atoms with Gasteiger partial charge in [0.25, 0.3) is 11.1 Å². The Kier molecular flexibility index (Phi) is 4.48. The number of nitrogens with zero attached hydrogens (tertiary/aromatic N) is 1. The molecule has 2 aromatic rings. The Balaban J connectivity index is 1.92. The highest BCUT2D eigenvalue weighted by molar-refractivity contribution is 9.10. The molecule has 1 aliphatic rings. The van der Waals surface area contributed by atoms with E-state index in [1.54, 1.807) is 42.5 Å². The second-order valence-corrected chi connectivity index (χ2v) is 6.99. The normalized spacial score (nSPS) is 16.4. The number of thioether (sulfide) groups is 1. The lowest BCUT2D eigenvalue weighted by molar-refractivity contribution is -0.113. The Hall–Kier alpha value is -1.76. The van der Waals surface area contributed by atoms with Gasteiger partial charge in [0.05, 0.1) is 15.1 Å². The van der Waals surface area contributed by atoms with Crippen LogP contribution in [0.1, 0.15) is 5.56 Å². The minimum absolute atomic E-state index is 0.108. The number of aromatic hydroxyl groups is 1. The number of halogens is 2. The molecule has 1 saturated heterocycles. The molecule has 3 rings (SSSR count). The molecule has 0 radical (unpaired) electrons. The van der Waals surface area contributed by atoms with Gasteiger partial charge in [-0.15, -0.1) is 0 Å². The Bertz CT molecular complexity index is 836. The van der Waals surface area contributed by atoms with Crippen LogP contribution < -0.4 is 4.90 Å². The van der Waals surface area contributed by atoms with Crippen LogP contribution in [0.5, 0.6) is 5.75 Å². The van der Waals surface area contributed by atoms with Crippen molar-refractivity contribution in [2.24, 2.45) is 0 Å². The molecule has 0 aromatic heterocycles. The van der Waals surface area contributed by atoms with Crippen LogP contribution in [0.25, 0.3) is 6.08 Å². The van der Waals surface area contributed by atoms with Crippen LogP contribution in [-0.4, -0.2) is 16.3 Å². The summed E-state index contributed by atoms with van der Waals surface area (Å²) in [4.78, 5) is 26.1. The van der Waals surface area contributed by atoms with Crippen LogP contribution in [0.2, 0.25) is 5.02 Å². The number of carbonyl (C=O) groups excluding carboxylic acids is 2. The average molecular weight is 411 g/mol. The van der Waals surface area contributed by atoms with Crippen LogP contribution in [0.3, 0.4) is 0 Å². The zero-order chi connectivity index (χ0) is 16.6. The first-order valence-corrected chi connectivity index (χ1v) is 8.46. The van der Waals surface area contributed by atoms with E-state index in [1.807, 2.05) is 0 Å². The van der Waals surface area contributed by atoms with Crippen LogP contribution in [0.4, 0.5) is 10.5 Å². The van der Waals surface area contributed by atoms with Crippen LogP contribution in [0.15, 0.2) is 51.8 Å². The molecule has 0 bridgehead atoms. The third-order valence-electron chi connectivity index (χ3n) is 3.15. The molecule has 0 unspecified atom stereocenters. The average Bonchev–Trinajstić information content (AvgIpc) is 2.79. The third kappa shape index (κ3) is 3.29. The van der Waals surface area contributed by atoms with Crippen molar-refractivity contribution in [1.82, 2.24) is 0 Å². The monoisotopic (exact) mass is 409 g/mol. The van der Waals surface area contributed by atoms with Crippen molar-refractivity contribution in [2.75, 3.05) is 4.90 Å². The number of imide groups is 1. The maximum Gasteiger partial charge on any atom is 0.298 e. The molecule has 4 nitrogen and oxygen atoms in total. The molecule has 116 valence electrons. The Morgan fingerprint density at radius 3 is 2.48 bits per heavy atom. The predicted octanol–water partition coefficient (Wildman–Crippen LogP) is 5.05. The van der Waals surface area contributed by atoms with Gasteiger partial charge in [-0.05, 0) is 75.7 Å². The van der Waals surface area contributed by atoms with E-state index in [1.165, 1.54) is 6.07 Å². The molecule has 0 atom stereocenters. The summed E-state index contributed by atoms with van der Waals surface area (Å²) in [5.74, 6) is -0.275. The van der Waals surface area contributed by atoms with Crippen molar-refractivity contribution in [3.05, 3.63) is 62.4 Å². The van der Waals surface area contributed by atoms with Crippen molar-refractivity contribution in [2.45, 2.75) is 0 Å². The van der Waals surface area contributed by atoms with Gasteiger partial charge in [-0.3, -0.25) is 9.59 Å². The van der Waals surface area contributed by atoms with Gasteiger partial charge in [-0.2, -0.15) is 0 Å². The lowest BCUT2D eigenvalue weighted by Crippen LogP contribution is -2.27. The number of rotatable bonds is 2. The fraction of sp³-hybridized carbons (Fsp3) is 0. The molecule has 2 amide bonds. The Labute approximate surface area is 149 Å². The summed E-state index contributed by atoms with van der Waals surface area (Å²) in [5.41, 5.74) is 1.18. The Morgan fingerprint density at radius 2 is 1.83 bits per heavy atom. The largest absolute Gasteiger partial charge is 0.507 e. The van der Waals surface area contributed by atoms with Crippen LogP contribution in [0, 0.1) is 0 Å². The lowest BCUT2D eigenvalue weighted by Gasteiger charge is -2.12. The van der Waals surface area contributed by atoms with E-state index < -0.39 is 0 Å². The zero-order valence-electron chi connectivity index (χ0n) is 11.5. The highest BCUT2D eigenvalue weighted by atomic mass is 79.9. The SMILES string of the molecule is O=C1S/C(=C/c2ccc(O)c(Br)c2)C(=O)N1c1ccc(Cl)cc1. The van der Waals surface area contributed by atoms with E-state index >= 15 is 0 Å². The quantitative estimate of drug-likeness (QED) is 0.704. The molecule has 1 aliphatic heterocycles. The Morgan fingerprint density at radius 1 is 1.13 bits per heavy atom. The van der Waals surface area contributed by atoms with E-state index in [2.05, 4.69) is 15.9 Å². The van der Waals surface area contributed by atoms with E-state index in [9.17, 15) is 14.7 Å². The summed E-state index contributed by atoms with van der Waals surface area (Å²) < 4.78 is 0.517. The van der Waals surface area contributed by atoms with Crippen LogP contribution in [-0.2, 0) is 4.79 Å². The predicted molar refractivity (Wildman–Crippen MR) is 95.7 cm³/mol. The van der Waals surface area contributed by atoms with Crippen molar-refractivity contribution in [3.8, 4) is 5.75 Å². The molecule has 2 aromatic carbocycles. The maximum absolute atomic E-state index is 12.5. The molecule has 7 heteroatoms. The highest BCUT2D eigenvalue weighted by Gasteiger charge is 2.36. The molecular formula is C16H9BrClNO3S. The van der Waals surface area contributed by atoms with Gasteiger partial charge in [-0.25, -0.2) is 4.90 Å². The number of anilines is 1. The summed E-state index contributed by atoms with van der Waals surface area (Å²) in [6.45, 7) is 0. The second kappa shape index (κ2) is 6.39. The second-order valence-electron chi connectivity index (χ2n) is 4.70. The minimum atomic E-state index is -0.383. The van der Waals surface area contributed by atoms with E-state index in [0.717, 1.165) is 16.7 Å². The van der Waals surface area contributed by atoms with Gasteiger partial charge in [0.1, 0.15) is 5.75 Å². The molecular weight excluding hydrogens is 402 g/mol. The van der Waals surface area contributed by atoms with Gasteiger partial charge >= 0.3 is 0 Å². The molecule has 1 N–H and O–H groups in total. The third-order valence-corrected chi connectivity index (χ3v) is 4.90. The summed E-state index contributed by atoms with van der Waals surface area (Å²) in [6.07, 6.45) is 1.62. The first-order chi connectivity index (χ1) is 11.0. The number of hydrogen-bond acceptors (Lipinski definition) is 4. The van der Waals surface area contributed by atoms with Crippen molar-refractivity contribution >= 4 is 62.2 Å². The summed E-state index contributed by atoms with van der Waals surface area (Å²) in [7, 11) is 0. The van der Waals surface area contributed by atoms with Gasteiger partial charge in [-0.1, -0.05) is 17.7 Å². The molecule has 0 saturated carbocycles. The van der Waals surface area contributed by atoms with Gasteiger partial charge in [0.15, 0.2) is 0 Å². The number of benzene rings is 2.